The summed E-state index contributed by atoms with van der Waals surface area (Å²) in [5.41, 5.74) is 3.74. The molecule has 1 amide bonds. The number of carbonyl (C=O) groups excluding carboxylic acids is 1. The lowest BCUT2D eigenvalue weighted by Crippen LogP contribution is -2.20. The van der Waals surface area contributed by atoms with Crippen LogP contribution < -0.4 is 10.6 Å². The number of anilines is 1. The number of amides is 1. The highest BCUT2D eigenvalue weighted by Crippen LogP contribution is 2.26. The first-order valence-electron chi connectivity index (χ1n) is 9.87. The third kappa shape index (κ3) is 4.80. The second kappa shape index (κ2) is 10.1. The molecule has 0 bridgehead atoms. The quantitative estimate of drug-likeness (QED) is 0.462. The van der Waals surface area contributed by atoms with Gasteiger partial charge in [-0.25, -0.2) is 29.9 Å². The second-order valence-electron chi connectivity index (χ2n) is 7.13. The Labute approximate surface area is 192 Å². The van der Waals surface area contributed by atoms with E-state index in [1.807, 2.05) is 31.2 Å². The van der Waals surface area contributed by atoms with Crippen LogP contribution in [0.2, 0.25) is 0 Å². The minimum atomic E-state index is -0.232. The SMILES string of the molecule is CNC(=O)c1ncnc2c([C@H](C)CNc3cc(-c4cnc(C)nc4)ncn3)cccc12.S. The van der Waals surface area contributed by atoms with Crippen molar-refractivity contribution < 1.29 is 4.79 Å². The van der Waals surface area contributed by atoms with Gasteiger partial charge in [-0.15, -0.1) is 0 Å². The van der Waals surface area contributed by atoms with E-state index in [0.29, 0.717) is 23.9 Å². The van der Waals surface area contributed by atoms with Crippen molar-refractivity contribution >= 4 is 36.1 Å². The van der Waals surface area contributed by atoms with Crippen molar-refractivity contribution in [2.24, 2.45) is 0 Å². The van der Waals surface area contributed by atoms with Crippen LogP contribution >= 0.6 is 13.5 Å². The summed E-state index contributed by atoms with van der Waals surface area (Å²) < 4.78 is 0. The molecule has 0 saturated carbocycles. The highest BCUT2D eigenvalue weighted by atomic mass is 32.1. The van der Waals surface area contributed by atoms with Gasteiger partial charge in [-0.1, -0.05) is 25.1 Å². The molecule has 3 aromatic heterocycles. The van der Waals surface area contributed by atoms with Crippen molar-refractivity contribution in [1.82, 2.24) is 35.2 Å². The topological polar surface area (TPSA) is 118 Å². The first-order valence-corrected chi connectivity index (χ1v) is 9.87. The van der Waals surface area contributed by atoms with Crippen LogP contribution in [0.15, 0.2) is 49.3 Å². The predicted molar refractivity (Wildman–Crippen MR) is 128 cm³/mol. The first kappa shape index (κ1) is 23.0. The van der Waals surface area contributed by atoms with E-state index >= 15 is 0 Å². The van der Waals surface area contributed by atoms with Crippen LogP contribution in [0.3, 0.4) is 0 Å². The van der Waals surface area contributed by atoms with E-state index in [4.69, 9.17) is 0 Å². The summed E-state index contributed by atoms with van der Waals surface area (Å²) in [7, 11) is 1.59. The molecule has 32 heavy (non-hydrogen) atoms. The lowest BCUT2D eigenvalue weighted by Gasteiger charge is -2.16. The maximum atomic E-state index is 12.1. The molecule has 164 valence electrons. The molecule has 1 aromatic carbocycles. The Morgan fingerprint density at radius 1 is 1.03 bits per heavy atom. The molecule has 0 aliphatic heterocycles. The maximum Gasteiger partial charge on any atom is 0.270 e. The van der Waals surface area contributed by atoms with Gasteiger partial charge in [-0.05, 0) is 12.5 Å². The van der Waals surface area contributed by atoms with E-state index in [1.54, 1.807) is 19.4 Å². The highest BCUT2D eigenvalue weighted by molar-refractivity contribution is 7.59. The van der Waals surface area contributed by atoms with Gasteiger partial charge in [0.15, 0.2) is 0 Å². The van der Waals surface area contributed by atoms with Crippen molar-refractivity contribution in [2.75, 3.05) is 18.9 Å². The third-order valence-corrected chi connectivity index (χ3v) is 5.00. The van der Waals surface area contributed by atoms with Crippen LogP contribution in [-0.4, -0.2) is 49.4 Å². The lowest BCUT2D eigenvalue weighted by molar-refractivity contribution is 0.0960. The van der Waals surface area contributed by atoms with Crippen molar-refractivity contribution in [2.45, 2.75) is 19.8 Å². The van der Waals surface area contributed by atoms with Gasteiger partial charge in [0.05, 0.1) is 11.2 Å². The van der Waals surface area contributed by atoms with Crippen LogP contribution in [0.25, 0.3) is 22.2 Å². The van der Waals surface area contributed by atoms with Gasteiger partial charge < -0.3 is 10.6 Å². The average molecular weight is 449 g/mol. The van der Waals surface area contributed by atoms with Crippen LogP contribution in [0.4, 0.5) is 5.82 Å². The number of aromatic nitrogens is 6. The molecule has 10 heteroatoms. The zero-order valence-corrected chi connectivity index (χ0v) is 19.0. The number of aryl methyl sites for hydroxylation is 1. The fourth-order valence-corrected chi connectivity index (χ4v) is 3.31. The fourth-order valence-electron chi connectivity index (χ4n) is 3.31. The van der Waals surface area contributed by atoms with E-state index in [2.05, 4.69) is 47.5 Å². The van der Waals surface area contributed by atoms with Crippen molar-refractivity contribution in [3.05, 3.63) is 66.4 Å². The van der Waals surface area contributed by atoms with Gasteiger partial charge >= 0.3 is 0 Å². The molecular weight excluding hydrogens is 424 g/mol. The van der Waals surface area contributed by atoms with Crippen molar-refractivity contribution in [1.29, 1.82) is 0 Å². The standard InChI is InChI=1S/C22H22N8O.H2S/c1-13(16-5-4-6-17-20(16)29-12-30-21(17)22(31)23-3)8-26-19-7-18(27-11-28-19)15-9-24-14(2)25-10-15;/h4-7,9-13H,8H2,1-3H3,(H,23,31)(H,26,27,28);1H2/t13-;/m1./s1. The van der Waals surface area contributed by atoms with E-state index < -0.39 is 0 Å². The van der Waals surface area contributed by atoms with Gasteiger partial charge in [0.1, 0.15) is 30.0 Å². The smallest absolute Gasteiger partial charge is 0.270 e. The van der Waals surface area contributed by atoms with Gasteiger partial charge in [0.2, 0.25) is 0 Å². The number of carbonyl (C=O) groups is 1. The number of rotatable bonds is 6. The number of benzene rings is 1. The van der Waals surface area contributed by atoms with Crippen LogP contribution in [0.1, 0.15) is 34.7 Å². The second-order valence-corrected chi connectivity index (χ2v) is 7.13. The van der Waals surface area contributed by atoms with E-state index in [1.165, 1.54) is 12.7 Å². The Balaban J connectivity index is 0.00000289. The normalized spacial score (nSPS) is 11.5. The van der Waals surface area contributed by atoms with E-state index in [0.717, 1.165) is 27.7 Å². The molecule has 0 aliphatic rings. The number of fused-ring (bicyclic) bond motifs is 1. The van der Waals surface area contributed by atoms with Crippen LogP contribution in [-0.2, 0) is 0 Å². The largest absolute Gasteiger partial charge is 0.369 e. The summed E-state index contributed by atoms with van der Waals surface area (Å²) in [6.45, 7) is 4.56. The Morgan fingerprint density at radius 3 is 2.53 bits per heavy atom. The number of hydrogen-bond donors (Lipinski definition) is 2. The molecule has 0 radical (unpaired) electrons. The molecule has 0 aliphatic carbocycles. The summed E-state index contributed by atoms with van der Waals surface area (Å²) in [5, 5.41) is 6.72. The fraction of sp³-hybridized carbons (Fsp3) is 0.227. The molecule has 2 N–H and O–H groups in total. The molecule has 3 heterocycles. The average Bonchev–Trinajstić information content (AvgIpc) is 2.82. The molecule has 0 spiro atoms. The summed E-state index contributed by atoms with van der Waals surface area (Å²) in [4.78, 5) is 37.8. The van der Waals surface area contributed by atoms with E-state index in [-0.39, 0.29) is 25.3 Å². The van der Waals surface area contributed by atoms with Gasteiger partial charge in [0, 0.05) is 48.9 Å². The summed E-state index contributed by atoms with van der Waals surface area (Å²) >= 11 is 0. The molecule has 9 nitrogen and oxygen atoms in total. The summed E-state index contributed by atoms with van der Waals surface area (Å²) in [6, 6.07) is 7.67. The highest BCUT2D eigenvalue weighted by Gasteiger charge is 2.16. The minimum Gasteiger partial charge on any atom is -0.369 e. The molecule has 1 atom stereocenters. The Kier molecular flexibility index (Phi) is 7.26. The zero-order chi connectivity index (χ0) is 21.8. The molecule has 4 aromatic rings. The number of para-hydroxylation sites is 1. The van der Waals surface area contributed by atoms with E-state index in [9.17, 15) is 4.79 Å². The van der Waals surface area contributed by atoms with Crippen molar-refractivity contribution in [3.8, 4) is 11.3 Å². The molecular formula is C22H24N8OS. The Bertz CT molecular complexity index is 1230. The van der Waals surface area contributed by atoms with Crippen LogP contribution in [0.5, 0.6) is 0 Å². The maximum absolute atomic E-state index is 12.1. The summed E-state index contributed by atoms with van der Waals surface area (Å²) in [6.07, 6.45) is 6.44. The number of nitrogens with one attached hydrogen (secondary N) is 2. The minimum absolute atomic E-state index is 0. The van der Waals surface area contributed by atoms with Gasteiger partial charge in [-0.3, -0.25) is 4.79 Å². The van der Waals surface area contributed by atoms with Crippen molar-refractivity contribution in [3.63, 3.8) is 0 Å². The lowest BCUT2D eigenvalue weighted by atomic mass is 9.97. The molecule has 0 unspecified atom stereocenters. The van der Waals surface area contributed by atoms with Crippen LogP contribution in [0, 0.1) is 6.92 Å². The molecule has 4 rings (SSSR count). The molecule has 0 fully saturated rings. The van der Waals surface area contributed by atoms with Gasteiger partial charge in [0.25, 0.3) is 5.91 Å². The molecule has 0 saturated heterocycles. The number of hydrogen-bond acceptors (Lipinski definition) is 8. The van der Waals surface area contributed by atoms with Gasteiger partial charge in [-0.2, -0.15) is 13.5 Å². The summed E-state index contributed by atoms with van der Waals surface area (Å²) in [5.74, 6) is 1.29. The zero-order valence-electron chi connectivity index (χ0n) is 18.0. The third-order valence-electron chi connectivity index (χ3n) is 5.00. The predicted octanol–water partition coefficient (Wildman–Crippen LogP) is 2.87. The monoisotopic (exact) mass is 448 g/mol. The number of nitrogens with zero attached hydrogens (tertiary/aromatic N) is 6. The Morgan fingerprint density at radius 2 is 1.78 bits per heavy atom. The first-order chi connectivity index (χ1) is 15.1. The Hall–Kier alpha value is -3.66.